The first-order valence-electron chi connectivity index (χ1n) is 6.60. The van der Waals surface area contributed by atoms with Gasteiger partial charge in [0.25, 0.3) is 0 Å². The van der Waals surface area contributed by atoms with E-state index in [0.717, 1.165) is 12.2 Å². The van der Waals surface area contributed by atoms with Crippen LogP contribution in [0, 0.1) is 13.8 Å². The predicted molar refractivity (Wildman–Crippen MR) is 72.0 cm³/mol. The zero-order valence-electron chi connectivity index (χ0n) is 11.2. The molecule has 0 radical (unpaired) electrons. The zero-order valence-corrected chi connectivity index (χ0v) is 11.2. The molecule has 1 N–H and O–H groups in total. The topological polar surface area (TPSA) is 29.9 Å². The molecule has 3 heteroatoms. The normalized spacial score (nSPS) is 21.9. The highest BCUT2D eigenvalue weighted by Gasteiger charge is 2.09. The van der Waals surface area contributed by atoms with E-state index < -0.39 is 0 Å². The average Bonchev–Trinajstić information content (AvgIpc) is 2.53. The Bertz CT molecular complexity index is 396. The number of hydrogen-bond acceptors (Lipinski definition) is 2. The maximum absolute atomic E-state index is 4.44. The molecule has 17 heavy (non-hydrogen) atoms. The summed E-state index contributed by atoms with van der Waals surface area (Å²) < 4.78 is 1.95. The Morgan fingerprint density at radius 2 is 2.12 bits per heavy atom. The molecule has 1 aromatic heterocycles. The lowest BCUT2D eigenvalue weighted by atomic mass is 10.1. The summed E-state index contributed by atoms with van der Waals surface area (Å²) in [5.41, 5.74) is 3.64. The van der Waals surface area contributed by atoms with Gasteiger partial charge in [0.15, 0.2) is 0 Å². The van der Waals surface area contributed by atoms with E-state index >= 15 is 0 Å². The second kappa shape index (κ2) is 5.50. The van der Waals surface area contributed by atoms with Crippen molar-refractivity contribution in [2.75, 3.05) is 6.54 Å². The SMILES string of the molecule is Cc1nn(C)c(C)c1/C=C/C1CCCCCN1. The Morgan fingerprint density at radius 1 is 1.29 bits per heavy atom. The highest BCUT2D eigenvalue weighted by Crippen LogP contribution is 2.16. The van der Waals surface area contributed by atoms with Gasteiger partial charge in [0.05, 0.1) is 5.69 Å². The van der Waals surface area contributed by atoms with Crippen molar-refractivity contribution in [1.82, 2.24) is 15.1 Å². The van der Waals surface area contributed by atoms with Gasteiger partial charge in [0.2, 0.25) is 0 Å². The molecule has 0 saturated carbocycles. The quantitative estimate of drug-likeness (QED) is 0.851. The Kier molecular flexibility index (Phi) is 4.00. The van der Waals surface area contributed by atoms with Gasteiger partial charge in [-0.3, -0.25) is 4.68 Å². The highest BCUT2D eigenvalue weighted by molar-refractivity contribution is 5.55. The predicted octanol–water partition coefficient (Wildman–Crippen LogP) is 2.58. The number of hydrogen-bond donors (Lipinski definition) is 1. The first-order valence-corrected chi connectivity index (χ1v) is 6.60. The van der Waals surface area contributed by atoms with Crippen LogP contribution in [0.2, 0.25) is 0 Å². The summed E-state index contributed by atoms with van der Waals surface area (Å²) in [5.74, 6) is 0. The fraction of sp³-hybridized carbons (Fsp3) is 0.643. The lowest BCUT2D eigenvalue weighted by Crippen LogP contribution is -2.25. The molecule has 3 nitrogen and oxygen atoms in total. The molecule has 0 spiro atoms. The molecule has 1 saturated heterocycles. The van der Waals surface area contributed by atoms with Gasteiger partial charge in [-0.25, -0.2) is 0 Å². The van der Waals surface area contributed by atoms with Crippen molar-refractivity contribution in [3.8, 4) is 0 Å². The van der Waals surface area contributed by atoms with Crippen LogP contribution in [-0.2, 0) is 7.05 Å². The lowest BCUT2D eigenvalue weighted by Gasteiger charge is -2.10. The van der Waals surface area contributed by atoms with Gasteiger partial charge in [-0.2, -0.15) is 5.10 Å². The van der Waals surface area contributed by atoms with Crippen molar-refractivity contribution in [1.29, 1.82) is 0 Å². The van der Waals surface area contributed by atoms with Gasteiger partial charge < -0.3 is 5.32 Å². The van der Waals surface area contributed by atoms with E-state index in [1.54, 1.807) is 0 Å². The maximum atomic E-state index is 4.44. The smallest absolute Gasteiger partial charge is 0.0668 e. The van der Waals surface area contributed by atoms with Gasteiger partial charge in [-0.05, 0) is 33.2 Å². The van der Waals surface area contributed by atoms with Crippen molar-refractivity contribution in [2.24, 2.45) is 7.05 Å². The summed E-state index contributed by atoms with van der Waals surface area (Å²) in [6.07, 6.45) is 9.82. The van der Waals surface area contributed by atoms with E-state index in [-0.39, 0.29) is 0 Å². The summed E-state index contributed by atoms with van der Waals surface area (Å²) in [7, 11) is 2.00. The lowest BCUT2D eigenvalue weighted by molar-refractivity contribution is 0.599. The number of nitrogens with zero attached hydrogens (tertiary/aromatic N) is 2. The first kappa shape index (κ1) is 12.4. The number of nitrogens with one attached hydrogen (secondary N) is 1. The molecule has 0 aromatic carbocycles. The molecule has 1 aromatic rings. The van der Waals surface area contributed by atoms with Crippen LogP contribution in [0.4, 0.5) is 0 Å². The summed E-state index contributed by atoms with van der Waals surface area (Å²) in [4.78, 5) is 0. The van der Waals surface area contributed by atoms with Gasteiger partial charge in [0.1, 0.15) is 0 Å². The Morgan fingerprint density at radius 3 is 2.82 bits per heavy atom. The maximum Gasteiger partial charge on any atom is 0.0668 e. The Balaban J connectivity index is 2.08. The van der Waals surface area contributed by atoms with Crippen LogP contribution in [0.5, 0.6) is 0 Å². The van der Waals surface area contributed by atoms with Crippen LogP contribution in [0.15, 0.2) is 6.08 Å². The second-order valence-corrected chi connectivity index (χ2v) is 4.98. The van der Waals surface area contributed by atoms with E-state index in [1.165, 1.54) is 36.9 Å². The molecule has 2 heterocycles. The standard InChI is InChI=1S/C14H23N3/c1-11-14(12(2)17(3)16-11)9-8-13-7-5-4-6-10-15-13/h8-9,13,15H,4-7,10H2,1-3H3/b9-8+. The van der Waals surface area contributed by atoms with Crippen LogP contribution in [-0.4, -0.2) is 22.4 Å². The third-order valence-corrected chi connectivity index (χ3v) is 3.66. The van der Waals surface area contributed by atoms with Gasteiger partial charge >= 0.3 is 0 Å². The van der Waals surface area contributed by atoms with Crippen LogP contribution >= 0.6 is 0 Å². The van der Waals surface area contributed by atoms with E-state index in [2.05, 4.69) is 36.4 Å². The van der Waals surface area contributed by atoms with Crippen molar-refractivity contribution in [2.45, 2.75) is 45.6 Å². The van der Waals surface area contributed by atoms with Crippen molar-refractivity contribution in [3.63, 3.8) is 0 Å². The van der Waals surface area contributed by atoms with Crippen LogP contribution < -0.4 is 5.32 Å². The molecule has 0 amide bonds. The Labute approximate surface area is 104 Å². The van der Waals surface area contributed by atoms with Crippen LogP contribution in [0.25, 0.3) is 6.08 Å². The molecule has 1 fully saturated rings. The monoisotopic (exact) mass is 233 g/mol. The first-order chi connectivity index (χ1) is 8.18. The second-order valence-electron chi connectivity index (χ2n) is 4.98. The largest absolute Gasteiger partial charge is 0.311 e. The summed E-state index contributed by atoms with van der Waals surface area (Å²) in [6.45, 7) is 5.35. The summed E-state index contributed by atoms with van der Waals surface area (Å²) >= 11 is 0. The van der Waals surface area contributed by atoms with E-state index in [0.29, 0.717) is 6.04 Å². The molecule has 1 aliphatic rings. The van der Waals surface area contributed by atoms with Crippen LogP contribution in [0.3, 0.4) is 0 Å². The number of aromatic nitrogens is 2. The van der Waals surface area contributed by atoms with E-state index in [4.69, 9.17) is 0 Å². The fourth-order valence-electron chi connectivity index (χ4n) is 2.46. The molecular formula is C14H23N3. The van der Waals surface area contributed by atoms with Crippen molar-refractivity contribution in [3.05, 3.63) is 23.0 Å². The van der Waals surface area contributed by atoms with Crippen molar-refractivity contribution < 1.29 is 0 Å². The minimum Gasteiger partial charge on any atom is -0.311 e. The molecule has 1 unspecified atom stereocenters. The minimum atomic E-state index is 0.538. The van der Waals surface area contributed by atoms with E-state index in [9.17, 15) is 0 Å². The van der Waals surface area contributed by atoms with E-state index in [1.807, 2.05) is 11.7 Å². The summed E-state index contributed by atoms with van der Waals surface area (Å²) in [5, 5.41) is 8.02. The zero-order chi connectivity index (χ0) is 12.3. The van der Waals surface area contributed by atoms with Crippen molar-refractivity contribution >= 4 is 6.08 Å². The number of rotatable bonds is 2. The molecule has 1 atom stereocenters. The average molecular weight is 233 g/mol. The fourth-order valence-corrected chi connectivity index (χ4v) is 2.46. The third kappa shape index (κ3) is 2.97. The van der Waals surface area contributed by atoms with Gasteiger partial charge in [-0.1, -0.05) is 25.0 Å². The van der Waals surface area contributed by atoms with Gasteiger partial charge in [-0.15, -0.1) is 0 Å². The molecule has 0 aliphatic carbocycles. The summed E-state index contributed by atoms with van der Waals surface area (Å²) in [6, 6.07) is 0.538. The van der Waals surface area contributed by atoms with Crippen LogP contribution in [0.1, 0.15) is 42.6 Å². The minimum absolute atomic E-state index is 0.538. The molecule has 94 valence electrons. The molecule has 2 rings (SSSR count). The third-order valence-electron chi connectivity index (χ3n) is 3.66. The van der Waals surface area contributed by atoms with Gasteiger partial charge in [0, 0.05) is 24.3 Å². The molecular weight excluding hydrogens is 210 g/mol. The molecule has 1 aliphatic heterocycles. The Hall–Kier alpha value is -1.09. The highest BCUT2D eigenvalue weighted by atomic mass is 15.3. The molecule has 0 bridgehead atoms. The number of aryl methyl sites for hydroxylation is 2.